The predicted molar refractivity (Wildman–Crippen MR) is 150 cm³/mol. The van der Waals surface area contributed by atoms with E-state index in [0.29, 0.717) is 31.5 Å². The van der Waals surface area contributed by atoms with Crippen LogP contribution in [0.25, 0.3) is 0 Å². The summed E-state index contributed by atoms with van der Waals surface area (Å²) in [7, 11) is 0. The van der Waals surface area contributed by atoms with E-state index in [-0.39, 0.29) is 12.5 Å². The first-order valence-electron chi connectivity index (χ1n) is 13.2. The second-order valence-corrected chi connectivity index (χ2v) is 10.1. The van der Waals surface area contributed by atoms with Gasteiger partial charge in [-0.2, -0.15) is 5.26 Å². The summed E-state index contributed by atoms with van der Waals surface area (Å²) in [6.45, 7) is 14.0. The van der Waals surface area contributed by atoms with Gasteiger partial charge in [-0.15, -0.1) is 0 Å². The van der Waals surface area contributed by atoms with Gasteiger partial charge in [-0.3, -0.25) is 0 Å². The van der Waals surface area contributed by atoms with Gasteiger partial charge >= 0.3 is 0 Å². The summed E-state index contributed by atoms with van der Waals surface area (Å²) in [5, 5.41) is 26.2. The van der Waals surface area contributed by atoms with Gasteiger partial charge in [0.2, 0.25) is 0 Å². The summed E-state index contributed by atoms with van der Waals surface area (Å²) in [4.78, 5) is 0. The van der Waals surface area contributed by atoms with Crippen LogP contribution in [0, 0.1) is 18.3 Å². The van der Waals surface area contributed by atoms with Crippen molar-refractivity contribution in [1.29, 1.82) is 5.26 Å². The van der Waals surface area contributed by atoms with Gasteiger partial charge in [0.25, 0.3) is 0 Å². The molecular formula is C31H41N3O4. The molecule has 2 atom stereocenters. The highest BCUT2D eigenvalue weighted by atomic mass is 16.5. The fourth-order valence-corrected chi connectivity index (χ4v) is 4.39. The molecule has 3 N–H and O–H groups in total. The number of ether oxygens (including phenoxy) is 3. The van der Waals surface area contributed by atoms with Crippen molar-refractivity contribution in [2.45, 2.75) is 66.0 Å². The van der Waals surface area contributed by atoms with Crippen LogP contribution >= 0.6 is 0 Å². The average Bonchev–Trinajstić information content (AvgIpc) is 2.89. The third-order valence-corrected chi connectivity index (χ3v) is 6.62. The maximum atomic E-state index is 9.96. The molecule has 0 aliphatic carbocycles. The molecule has 204 valence electrons. The molecule has 0 fully saturated rings. The molecule has 1 aliphatic rings. The van der Waals surface area contributed by atoms with E-state index in [4.69, 9.17) is 14.2 Å². The van der Waals surface area contributed by atoms with E-state index in [0.717, 1.165) is 51.6 Å². The highest BCUT2D eigenvalue weighted by Gasteiger charge is 2.27. The number of hydrogen-bond acceptors (Lipinski definition) is 7. The van der Waals surface area contributed by atoms with Gasteiger partial charge in [-0.05, 0) is 80.8 Å². The highest BCUT2D eigenvalue weighted by Crippen LogP contribution is 2.39. The number of aliphatic hydroxyl groups excluding tert-OH is 1. The normalized spacial score (nSPS) is 16.2. The molecule has 0 saturated heterocycles. The number of nitrogens with zero attached hydrogens (tertiary/aromatic N) is 1. The van der Waals surface area contributed by atoms with E-state index in [1.54, 1.807) is 0 Å². The standard InChI is InChI=1S/C31H41N3O4/c1-20(2)33-18-25(35)19-38-27-10-8-26(9-11-27)36-14-7-15-37-28-12-13-29(21(3)16-28)31-22(4)23(5)34-24(6)30(31)17-32/h8-13,16,20,25,31,33-35H,7,14-15,18-19H2,1-6H3. The van der Waals surface area contributed by atoms with Gasteiger partial charge in [0.05, 0.1) is 24.9 Å². The number of aliphatic hydroxyl groups is 1. The first-order chi connectivity index (χ1) is 18.2. The Labute approximate surface area is 227 Å². The molecule has 0 radical (unpaired) electrons. The number of rotatable bonds is 13. The van der Waals surface area contributed by atoms with Crippen molar-refractivity contribution < 1.29 is 19.3 Å². The van der Waals surface area contributed by atoms with Crippen LogP contribution in [0.2, 0.25) is 0 Å². The second-order valence-electron chi connectivity index (χ2n) is 10.1. The van der Waals surface area contributed by atoms with Gasteiger partial charge in [0, 0.05) is 36.3 Å². The molecule has 1 heterocycles. The Hall–Kier alpha value is -3.47. The molecule has 0 amide bonds. The molecule has 2 aromatic carbocycles. The molecule has 0 aromatic heterocycles. The van der Waals surface area contributed by atoms with Crippen LogP contribution in [-0.2, 0) is 0 Å². The average molecular weight is 520 g/mol. The number of dihydropyridines is 1. The van der Waals surface area contributed by atoms with Crippen LogP contribution in [0.3, 0.4) is 0 Å². The Bertz CT molecular complexity index is 1180. The maximum absolute atomic E-state index is 9.96. The summed E-state index contributed by atoms with van der Waals surface area (Å²) in [5.74, 6) is 2.23. The Morgan fingerprint density at radius 3 is 2.13 bits per heavy atom. The molecule has 7 heteroatoms. The van der Waals surface area contributed by atoms with Crippen molar-refractivity contribution >= 4 is 0 Å². The minimum atomic E-state index is -0.556. The zero-order valence-corrected chi connectivity index (χ0v) is 23.4. The minimum absolute atomic E-state index is 0.0348. The molecule has 1 aliphatic heterocycles. The van der Waals surface area contributed by atoms with Crippen molar-refractivity contribution in [2.24, 2.45) is 0 Å². The van der Waals surface area contributed by atoms with Crippen molar-refractivity contribution in [3.63, 3.8) is 0 Å². The summed E-state index contributed by atoms with van der Waals surface area (Å²) in [5.41, 5.74) is 6.17. The molecule has 7 nitrogen and oxygen atoms in total. The largest absolute Gasteiger partial charge is 0.493 e. The lowest BCUT2D eigenvalue weighted by Crippen LogP contribution is -2.35. The first-order valence-corrected chi connectivity index (χ1v) is 13.2. The molecule has 2 unspecified atom stereocenters. The third kappa shape index (κ3) is 8.01. The predicted octanol–water partition coefficient (Wildman–Crippen LogP) is 5.36. The summed E-state index contributed by atoms with van der Waals surface area (Å²) in [6, 6.07) is 16.2. The summed E-state index contributed by atoms with van der Waals surface area (Å²) in [6.07, 6.45) is 0.184. The molecular weight excluding hydrogens is 478 g/mol. The van der Waals surface area contributed by atoms with Crippen molar-refractivity contribution in [1.82, 2.24) is 10.6 Å². The number of nitrogens with one attached hydrogen (secondary N) is 2. The van der Waals surface area contributed by atoms with Crippen molar-refractivity contribution in [2.75, 3.05) is 26.4 Å². The van der Waals surface area contributed by atoms with E-state index in [1.807, 2.05) is 57.2 Å². The third-order valence-electron chi connectivity index (χ3n) is 6.62. The number of hydrogen-bond donors (Lipinski definition) is 3. The fourth-order valence-electron chi connectivity index (χ4n) is 4.39. The van der Waals surface area contributed by atoms with Crippen LogP contribution in [0.4, 0.5) is 0 Å². The smallest absolute Gasteiger partial charge is 0.119 e. The zero-order chi connectivity index (χ0) is 27.7. The molecule has 3 rings (SSSR count). The Kier molecular flexibility index (Phi) is 10.6. The topological polar surface area (TPSA) is 95.8 Å². The maximum Gasteiger partial charge on any atom is 0.119 e. The molecule has 0 bridgehead atoms. The number of allylic oxidation sites excluding steroid dienone is 4. The van der Waals surface area contributed by atoms with Crippen molar-refractivity contribution in [3.8, 4) is 23.3 Å². The van der Waals surface area contributed by atoms with E-state index >= 15 is 0 Å². The Balaban J connectivity index is 1.43. The zero-order valence-electron chi connectivity index (χ0n) is 23.4. The van der Waals surface area contributed by atoms with Gasteiger partial charge in [0.15, 0.2) is 0 Å². The lowest BCUT2D eigenvalue weighted by Gasteiger charge is -2.29. The number of aryl methyl sites for hydroxylation is 1. The second kappa shape index (κ2) is 13.9. The Morgan fingerprint density at radius 2 is 1.53 bits per heavy atom. The molecule has 2 aromatic rings. The van der Waals surface area contributed by atoms with Crippen LogP contribution in [-0.4, -0.2) is 43.6 Å². The molecule has 0 spiro atoms. The number of benzene rings is 2. The quantitative estimate of drug-likeness (QED) is 0.307. The number of nitriles is 1. The van der Waals surface area contributed by atoms with Crippen molar-refractivity contribution in [3.05, 3.63) is 76.1 Å². The van der Waals surface area contributed by atoms with Crippen LogP contribution in [0.15, 0.2) is 65.0 Å². The van der Waals surface area contributed by atoms with E-state index in [2.05, 4.69) is 43.5 Å². The van der Waals surface area contributed by atoms with Gasteiger partial charge in [0.1, 0.15) is 30.0 Å². The van der Waals surface area contributed by atoms with E-state index in [1.165, 1.54) is 0 Å². The first kappa shape index (κ1) is 29.1. The van der Waals surface area contributed by atoms with Gasteiger partial charge in [-0.1, -0.05) is 19.9 Å². The van der Waals surface area contributed by atoms with E-state index in [9.17, 15) is 10.4 Å². The van der Waals surface area contributed by atoms with Gasteiger partial charge in [-0.25, -0.2) is 0 Å². The molecule has 0 saturated carbocycles. The highest BCUT2D eigenvalue weighted by molar-refractivity contribution is 5.53. The van der Waals surface area contributed by atoms with Gasteiger partial charge < -0.3 is 30.0 Å². The molecule has 38 heavy (non-hydrogen) atoms. The van der Waals surface area contributed by atoms with Crippen LogP contribution in [0.1, 0.15) is 58.1 Å². The van der Waals surface area contributed by atoms with E-state index < -0.39 is 6.10 Å². The minimum Gasteiger partial charge on any atom is -0.493 e. The monoisotopic (exact) mass is 519 g/mol. The summed E-state index contributed by atoms with van der Waals surface area (Å²) < 4.78 is 17.4. The summed E-state index contributed by atoms with van der Waals surface area (Å²) >= 11 is 0. The lowest BCUT2D eigenvalue weighted by atomic mass is 9.80. The lowest BCUT2D eigenvalue weighted by molar-refractivity contribution is 0.104. The fraction of sp³-hybridized carbons (Fsp3) is 0.452. The Morgan fingerprint density at radius 1 is 0.921 bits per heavy atom. The van der Waals surface area contributed by atoms with Crippen LogP contribution in [0.5, 0.6) is 17.2 Å². The SMILES string of the molecule is CC1=C(C)C(c2ccc(OCCCOc3ccc(OCC(O)CNC(C)C)cc3)cc2C)C(C#N)=C(C)N1. The van der Waals surface area contributed by atoms with Crippen LogP contribution < -0.4 is 24.8 Å².